The van der Waals surface area contributed by atoms with Crippen molar-refractivity contribution >= 4 is 28.6 Å². The fraction of sp³-hybridized carbons (Fsp3) is 0.320. The van der Waals surface area contributed by atoms with Crippen molar-refractivity contribution in [2.24, 2.45) is 0 Å². The number of thiophene rings is 1. The predicted molar refractivity (Wildman–Crippen MR) is 132 cm³/mol. The molecule has 2 aromatic carbocycles. The first-order valence-corrected chi connectivity index (χ1v) is 11.6. The molecule has 0 radical (unpaired) electrons. The van der Waals surface area contributed by atoms with E-state index in [-0.39, 0.29) is 5.91 Å². The maximum atomic E-state index is 12.1. The number of nitrogens with one attached hydrogen (secondary N) is 2. The van der Waals surface area contributed by atoms with Crippen LogP contribution in [0.5, 0.6) is 0 Å². The van der Waals surface area contributed by atoms with Crippen molar-refractivity contribution in [1.82, 2.24) is 10.2 Å². The third kappa shape index (κ3) is 4.96. The van der Waals surface area contributed by atoms with Crippen LogP contribution in [0.25, 0.3) is 10.4 Å². The van der Waals surface area contributed by atoms with E-state index in [4.69, 9.17) is 0 Å². The Kier molecular flexibility index (Phi) is 6.79. The molecule has 0 saturated carbocycles. The van der Waals surface area contributed by atoms with E-state index >= 15 is 0 Å². The van der Waals surface area contributed by atoms with E-state index in [0.29, 0.717) is 11.6 Å². The molecular formula is C25H30N4O2S. The lowest BCUT2D eigenvalue weighted by molar-refractivity contribution is 0.0827. The third-order valence-electron chi connectivity index (χ3n) is 5.85. The largest absolute Gasteiger partial charge is 0.370 e. The Morgan fingerprint density at radius 1 is 1.09 bits per heavy atom. The zero-order chi connectivity index (χ0) is 22.7. The smallest absolute Gasteiger partial charge is 0.253 e. The van der Waals surface area contributed by atoms with Gasteiger partial charge in [-0.15, -0.1) is 11.3 Å². The average molecular weight is 451 g/mol. The fourth-order valence-corrected chi connectivity index (χ4v) is 4.87. The highest BCUT2D eigenvalue weighted by molar-refractivity contribution is 7.15. The van der Waals surface area contributed by atoms with Crippen molar-refractivity contribution in [3.05, 3.63) is 71.1 Å². The summed E-state index contributed by atoms with van der Waals surface area (Å²) < 4.78 is 0. The van der Waals surface area contributed by atoms with Crippen molar-refractivity contribution in [2.45, 2.75) is 18.7 Å². The van der Waals surface area contributed by atoms with Crippen LogP contribution in [-0.4, -0.2) is 56.2 Å². The van der Waals surface area contributed by atoms with Gasteiger partial charge in [0.1, 0.15) is 0 Å². The fourth-order valence-electron chi connectivity index (χ4n) is 3.92. The van der Waals surface area contributed by atoms with E-state index in [0.717, 1.165) is 40.5 Å². The van der Waals surface area contributed by atoms with Gasteiger partial charge in [-0.3, -0.25) is 4.79 Å². The van der Waals surface area contributed by atoms with Crippen LogP contribution in [0.3, 0.4) is 0 Å². The van der Waals surface area contributed by atoms with Crippen molar-refractivity contribution in [3.8, 4) is 10.4 Å². The summed E-state index contributed by atoms with van der Waals surface area (Å²) in [7, 11) is 5.50. The Hall–Kier alpha value is -2.87. The Balaban J connectivity index is 1.38. The maximum absolute atomic E-state index is 12.1. The number of likely N-dealkylation sites (N-methyl/N-ethyl adjacent to an activating group) is 1. The number of carbonyl (C=O) groups excluding carboxylic acids is 1. The first kappa shape index (κ1) is 22.3. The van der Waals surface area contributed by atoms with Gasteiger partial charge in [-0.1, -0.05) is 12.1 Å². The lowest BCUT2D eigenvalue weighted by atomic mass is 10.1. The van der Waals surface area contributed by atoms with E-state index in [2.05, 4.69) is 27.7 Å². The summed E-state index contributed by atoms with van der Waals surface area (Å²) in [5, 5.41) is 17.2. The standard InChI is InChI=1S/C25H30N4O2S/c1-26-20-14-15-29(16-20)21-10-8-19(9-11-21)27-24(30)23-13-12-22(32-23)17-4-6-18(7-5-17)25(31)28(2)3/h4-13,20,24,26-27,30H,14-16H2,1-3H3. The molecule has 0 spiro atoms. The van der Waals surface area contributed by atoms with E-state index < -0.39 is 6.23 Å². The van der Waals surface area contributed by atoms with Gasteiger partial charge >= 0.3 is 0 Å². The van der Waals surface area contributed by atoms with Crippen molar-refractivity contribution in [1.29, 1.82) is 0 Å². The second-order valence-electron chi connectivity index (χ2n) is 8.29. The van der Waals surface area contributed by atoms with Gasteiger partial charge in [0.25, 0.3) is 5.91 Å². The molecule has 2 atom stereocenters. The molecule has 1 amide bonds. The Labute approximate surface area is 193 Å². The number of nitrogens with zero attached hydrogens (tertiary/aromatic N) is 2. The van der Waals surface area contributed by atoms with Crippen molar-refractivity contribution in [3.63, 3.8) is 0 Å². The number of amides is 1. The SMILES string of the molecule is CNC1CCN(c2ccc(NC(O)c3ccc(-c4ccc(C(=O)N(C)C)cc4)s3)cc2)C1. The molecule has 1 saturated heterocycles. The summed E-state index contributed by atoms with van der Waals surface area (Å²) in [4.78, 5) is 17.9. The molecule has 4 rings (SSSR count). The summed E-state index contributed by atoms with van der Waals surface area (Å²) in [5.74, 6) is -0.0133. The molecule has 1 aromatic heterocycles. The van der Waals surface area contributed by atoms with E-state index in [1.807, 2.05) is 55.6 Å². The van der Waals surface area contributed by atoms with Crippen LogP contribution in [0.1, 0.15) is 27.9 Å². The van der Waals surface area contributed by atoms with Crippen LogP contribution in [0.15, 0.2) is 60.7 Å². The second-order valence-corrected chi connectivity index (χ2v) is 9.41. The summed E-state index contributed by atoms with van der Waals surface area (Å²) in [5.41, 5.74) is 3.78. The topological polar surface area (TPSA) is 67.8 Å². The lowest BCUT2D eigenvalue weighted by Crippen LogP contribution is -2.29. The highest BCUT2D eigenvalue weighted by atomic mass is 32.1. The number of benzene rings is 2. The normalized spacial score (nSPS) is 16.8. The van der Waals surface area contributed by atoms with Crippen LogP contribution in [0, 0.1) is 0 Å². The van der Waals surface area contributed by atoms with Gasteiger partial charge in [0.15, 0.2) is 6.23 Å². The molecule has 3 aromatic rings. The summed E-state index contributed by atoms with van der Waals surface area (Å²) in [6.07, 6.45) is 0.375. The molecule has 1 aliphatic rings. The Bertz CT molecular complexity index is 1050. The number of carbonyl (C=O) groups is 1. The van der Waals surface area contributed by atoms with Gasteiger partial charge in [0, 0.05) is 55.0 Å². The monoisotopic (exact) mass is 450 g/mol. The number of aliphatic hydroxyl groups is 1. The van der Waals surface area contributed by atoms with Crippen molar-refractivity contribution in [2.75, 3.05) is 44.4 Å². The van der Waals surface area contributed by atoms with E-state index in [1.165, 1.54) is 17.0 Å². The van der Waals surface area contributed by atoms with Crippen LogP contribution in [-0.2, 0) is 0 Å². The number of anilines is 2. The maximum Gasteiger partial charge on any atom is 0.253 e. The van der Waals surface area contributed by atoms with Crippen LogP contribution >= 0.6 is 11.3 Å². The molecular weight excluding hydrogens is 420 g/mol. The zero-order valence-electron chi connectivity index (χ0n) is 18.7. The molecule has 6 nitrogen and oxygen atoms in total. The number of aliphatic hydroxyl groups excluding tert-OH is 1. The van der Waals surface area contributed by atoms with Gasteiger partial charge in [-0.2, -0.15) is 0 Å². The Morgan fingerprint density at radius 3 is 2.44 bits per heavy atom. The molecule has 2 heterocycles. The minimum atomic E-state index is -0.783. The van der Waals surface area contributed by atoms with Gasteiger partial charge in [0.05, 0.1) is 4.88 Å². The molecule has 1 fully saturated rings. The van der Waals surface area contributed by atoms with Gasteiger partial charge in [0.2, 0.25) is 0 Å². The highest BCUT2D eigenvalue weighted by Crippen LogP contribution is 2.32. The molecule has 0 bridgehead atoms. The zero-order valence-corrected chi connectivity index (χ0v) is 19.5. The van der Waals surface area contributed by atoms with Crippen LogP contribution in [0.2, 0.25) is 0 Å². The molecule has 3 N–H and O–H groups in total. The van der Waals surface area contributed by atoms with E-state index in [1.54, 1.807) is 19.0 Å². The lowest BCUT2D eigenvalue weighted by Gasteiger charge is -2.19. The summed E-state index contributed by atoms with van der Waals surface area (Å²) in [6, 6.07) is 20.3. The summed E-state index contributed by atoms with van der Waals surface area (Å²) >= 11 is 1.54. The van der Waals surface area contributed by atoms with Crippen molar-refractivity contribution < 1.29 is 9.90 Å². The van der Waals surface area contributed by atoms with Crippen LogP contribution in [0.4, 0.5) is 11.4 Å². The third-order valence-corrected chi connectivity index (χ3v) is 7.04. The van der Waals surface area contributed by atoms with Gasteiger partial charge in [-0.05, 0) is 67.6 Å². The molecule has 1 aliphatic heterocycles. The molecule has 0 aliphatic carbocycles. The van der Waals surface area contributed by atoms with Gasteiger partial charge < -0.3 is 25.5 Å². The first-order chi connectivity index (χ1) is 15.4. The minimum absolute atomic E-state index is 0.0133. The Morgan fingerprint density at radius 2 is 1.81 bits per heavy atom. The number of hydrogen-bond donors (Lipinski definition) is 3. The van der Waals surface area contributed by atoms with Crippen LogP contribution < -0.4 is 15.5 Å². The molecule has 2 unspecified atom stereocenters. The number of hydrogen-bond acceptors (Lipinski definition) is 6. The second kappa shape index (κ2) is 9.73. The molecule has 32 heavy (non-hydrogen) atoms. The quantitative estimate of drug-likeness (QED) is 0.475. The van der Waals surface area contributed by atoms with Gasteiger partial charge in [-0.25, -0.2) is 0 Å². The highest BCUT2D eigenvalue weighted by Gasteiger charge is 2.21. The molecule has 7 heteroatoms. The average Bonchev–Trinajstić information content (AvgIpc) is 3.49. The number of rotatable bonds is 7. The summed E-state index contributed by atoms with van der Waals surface area (Å²) in [6.45, 7) is 2.08. The minimum Gasteiger partial charge on any atom is -0.370 e. The molecule has 168 valence electrons. The first-order valence-electron chi connectivity index (χ1n) is 10.8. The van der Waals surface area contributed by atoms with E-state index in [9.17, 15) is 9.90 Å². The predicted octanol–water partition coefficient (Wildman–Crippen LogP) is 4.02.